The van der Waals surface area contributed by atoms with Crippen molar-refractivity contribution in [2.24, 2.45) is 0 Å². The number of nitrogens with zero attached hydrogens (tertiary/aromatic N) is 2. The van der Waals surface area contributed by atoms with Crippen molar-refractivity contribution in [3.05, 3.63) is 46.2 Å². The minimum absolute atomic E-state index is 0.219. The molecule has 2 aromatic rings. The molecule has 0 aliphatic heterocycles. The Bertz CT molecular complexity index is 679. The van der Waals surface area contributed by atoms with Gasteiger partial charge < -0.3 is 10.6 Å². The van der Waals surface area contributed by atoms with Gasteiger partial charge in [-0.25, -0.2) is 9.97 Å². The van der Waals surface area contributed by atoms with Crippen molar-refractivity contribution in [1.82, 2.24) is 15.3 Å². The molecule has 0 atom stereocenters. The molecule has 23 heavy (non-hydrogen) atoms. The highest BCUT2D eigenvalue weighted by Gasteiger charge is 2.10. The van der Waals surface area contributed by atoms with Crippen LogP contribution < -0.4 is 10.6 Å². The fourth-order valence-corrected chi connectivity index (χ4v) is 2.28. The van der Waals surface area contributed by atoms with E-state index in [9.17, 15) is 4.79 Å². The molecule has 0 bridgehead atoms. The quantitative estimate of drug-likeness (QED) is 0.722. The van der Waals surface area contributed by atoms with E-state index in [1.54, 1.807) is 24.3 Å². The Labute approximate surface area is 145 Å². The largest absolute Gasteiger partial charge is 0.351 e. The third kappa shape index (κ3) is 5.08. The molecule has 5 nitrogen and oxygen atoms in total. The number of carbonyl (C=O) groups excluding carboxylic acids is 1. The zero-order valence-corrected chi connectivity index (χ0v) is 14.3. The zero-order valence-electron chi connectivity index (χ0n) is 12.8. The van der Waals surface area contributed by atoms with Crippen LogP contribution in [-0.4, -0.2) is 22.4 Å². The van der Waals surface area contributed by atoms with Crippen LogP contribution in [0.4, 0.5) is 11.6 Å². The van der Waals surface area contributed by atoms with Gasteiger partial charge in [-0.2, -0.15) is 0 Å². The first-order valence-corrected chi connectivity index (χ1v) is 8.19. The number of hydrogen-bond acceptors (Lipinski definition) is 4. The fraction of sp³-hybridized carbons (Fsp3) is 0.312. The van der Waals surface area contributed by atoms with E-state index in [4.69, 9.17) is 23.2 Å². The fourth-order valence-electron chi connectivity index (χ4n) is 1.93. The molecule has 0 saturated carbocycles. The summed E-state index contributed by atoms with van der Waals surface area (Å²) in [5.41, 5.74) is 0.886. The van der Waals surface area contributed by atoms with Gasteiger partial charge in [-0.1, -0.05) is 49.0 Å². The van der Waals surface area contributed by atoms with Crippen LogP contribution in [0.3, 0.4) is 0 Å². The summed E-state index contributed by atoms with van der Waals surface area (Å²) in [5, 5.41) is 6.62. The SMILES string of the molecule is CCCCCNC(=O)c1ccnc(Nc2cccc(Cl)c2Cl)n1. The average molecular weight is 353 g/mol. The lowest BCUT2D eigenvalue weighted by Crippen LogP contribution is -2.25. The topological polar surface area (TPSA) is 66.9 Å². The number of halogens is 2. The third-order valence-electron chi connectivity index (χ3n) is 3.15. The molecule has 0 aliphatic carbocycles. The van der Waals surface area contributed by atoms with Crippen LogP contribution in [-0.2, 0) is 0 Å². The van der Waals surface area contributed by atoms with Crippen LogP contribution in [0.1, 0.15) is 36.7 Å². The van der Waals surface area contributed by atoms with Gasteiger partial charge in [0.05, 0.1) is 15.7 Å². The van der Waals surface area contributed by atoms with E-state index in [0.717, 1.165) is 19.3 Å². The van der Waals surface area contributed by atoms with Gasteiger partial charge in [-0.15, -0.1) is 0 Å². The highest BCUT2D eigenvalue weighted by molar-refractivity contribution is 6.43. The summed E-state index contributed by atoms with van der Waals surface area (Å²) in [4.78, 5) is 20.4. The Morgan fingerprint density at radius 3 is 2.83 bits per heavy atom. The molecular weight excluding hydrogens is 335 g/mol. The number of benzene rings is 1. The van der Waals surface area contributed by atoms with Crippen molar-refractivity contribution in [3.63, 3.8) is 0 Å². The van der Waals surface area contributed by atoms with Crippen molar-refractivity contribution in [2.45, 2.75) is 26.2 Å². The number of amides is 1. The molecular formula is C16H18Cl2N4O. The van der Waals surface area contributed by atoms with E-state index in [0.29, 0.717) is 28.0 Å². The van der Waals surface area contributed by atoms with Gasteiger partial charge in [-0.3, -0.25) is 4.79 Å². The standard InChI is InChI=1S/C16H18Cl2N4O/c1-2-3-4-9-19-15(23)13-8-10-20-16(22-13)21-12-7-5-6-11(17)14(12)18/h5-8,10H,2-4,9H2,1H3,(H,19,23)(H,20,21,22). The molecule has 0 spiro atoms. The molecule has 122 valence electrons. The molecule has 2 rings (SSSR count). The van der Waals surface area contributed by atoms with Crippen molar-refractivity contribution < 1.29 is 4.79 Å². The summed E-state index contributed by atoms with van der Waals surface area (Å²) in [5.74, 6) is 0.0686. The number of nitrogens with one attached hydrogen (secondary N) is 2. The molecule has 0 aliphatic rings. The van der Waals surface area contributed by atoms with E-state index in [2.05, 4.69) is 27.5 Å². The third-order valence-corrected chi connectivity index (χ3v) is 3.97. The predicted octanol–water partition coefficient (Wildman–Crippen LogP) is 4.45. The van der Waals surface area contributed by atoms with Crippen LogP contribution in [0, 0.1) is 0 Å². The van der Waals surface area contributed by atoms with Gasteiger partial charge in [0.15, 0.2) is 0 Å². The van der Waals surface area contributed by atoms with Gasteiger partial charge in [0.25, 0.3) is 5.91 Å². The van der Waals surface area contributed by atoms with E-state index in [1.807, 2.05) is 0 Å². The minimum atomic E-state index is -0.219. The summed E-state index contributed by atoms with van der Waals surface area (Å²) >= 11 is 12.1. The molecule has 0 fully saturated rings. The first-order valence-electron chi connectivity index (χ1n) is 7.44. The van der Waals surface area contributed by atoms with E-state index < -0.39 is 0 Å². The second-order valence-electron chi connectivity index (χ2n) is 4.95. The lowest BCUT2D eigenvalue weighted by molar-refractivity contribution is 0.0948. The maximum absolute atomic E-state index is 12.1. The Kier molecular flexibility index (Phi) is 6.62. The lowest BCUT2D eigenvalue weighted by Gasteiger charge is -2.09. The smallest absolute Gasteiger partial charge is 0.270 e. The van der Waals surface area contributed by atoms with Crippen LogP contribution in [0.2, 0.25) is 10.0 Å². The maximum atomic E-state index is 12.1. The second kappa shape index (κ2) is 8.70. The molecule has 0 saturated heterocycles. The number of aromatic nitrogens is 2. The molecule has 1 aromatic heterocycles. The summed E-state index contributed by atoms with van der Waals surface area (Å²) in [6, 6.07) is 6.78. The maximum Gasteiger partial charge on any atom is 0.270 e. The summed E-state index contributed by atoms with van der Waals surface area (Å²) in [7, 11) is 0. The van der Waals surface area contributed by atoms with Gasteiger partial charge >= 0.3 is 0 Å². The van der Waals surface area contributed by atoms with Crippen molar-refractivity contribution in [3.8, 4) is 0 Å². The van der Waals surface area contributed by atoms with Crippen molar-refractivity contribution >= 4 is 40.7 Å². The Morgan fingerprint density at radius 1 is 1.22 bits per heavy atom. The van der Waals surface area contributed by atoms with Crippen molar-refractivity contribution in [1.29, 1.82) is 0 Å². The number of rotatable bonds is 7. The normalized spacial score (nSPS) is 10.4. The van der Waals surface area contributed by atoms with E-state index >= 15 is 0 Å². The number of hydrogen-bond donors (Lipinski definition) is 2. The Morgan fingerprint density at radius 2 is 2.04 bits per heavy atom. The van der Waals surface area contributed by atoms with Gasteiger partial charge in [0.1, 0.15) is 5.69 Å². The Balaban J connectivity index is 2.04. The highest BCUT2D eigenvalue weighted by atomic mass is 35.5. The molecule has 1 amide bonds. The Hall–Kier alpha value is -1.85. The van der Waals surface area contributed by atoms with Gasteiger partial charge in [-0.05, 0) is 24.6 Å². The first-order chi connectivity index (χ1) is 11.1. The molecule has 1 aromatic carbocycles. The second-order valence-corrected chi connectivity index (χ2v) is 5.74. The molecule has 1 heterocycles. The van der Waals surface area contributed by atoms with Gasteiger partial charge in [0.2, 0.25) is 5.95 Å². The number of anilines is 2. The number of carbonyl (C=O) groups is 1. The van der Waals surface area contributed by atoms with E-state index in [1.165, 1.54) is 6.20 Å². The predicted molar refractivity (Wildman–Crippen MR) is 93.6 cm³/mol. The molecule has 2 N–H and O–H groups in total. The van der Waals surface area contributed by atoms with Crippen LogP contribution in [0.15, 0.2) is 30.5 Å². The van der Waals surface area contributed by atoms with Crippen LogP contribution >= 0.6 is 23.2 Å². The molecule has 0 radical (unpaired) electrons. The average Bonchev–Trinajstić information content (AvgIpc) is 2.56. The lowest BCUT2D eigenvalue weighted by atomic mass is 10.2. The molecule has 7 heteroatoms. The summed E-state index contributed by atoms with van der Waals surface area (Å²) in [6.45, 7) is 2.75. The minimum Gasteiger partial charge on any atom is -0.351 e. The van der Waals surface area contributed by atoms with Gasteiger partial charge in [0, 0.05) is 12.7 Å². The van der Waals surface area contributed by atoms with E-state index in [-0.39, 0.29) is 11.9 Å². The monoisotopic (exact) mass is 352 g/mol. The van der Waals surface area contributed by atoms with Crippen molar-refractivity contribution in [2.75, 3.05) is 11.9 Å². The first kappa shape index (κ1) is 17.5. The molecule has 0 unspecified atom stereocenters. The number of unbranched alkanes of at least 4 members (excludes halogenated alkanes) is 2. The summed E-state index contributed by atoms with van der Waals surface area (Å²) < 4.78 is 0. The highest BCUT2D eigenvalue weighted by Crippen LogP contribution is 2.30. The van der Waals surface area contributed by atoms with Crippen LogP contribution in [0.5, 0.6) is 0 Å². The summed E-state index contributed by atoms with van der Waals surface area (Å²) in [6.07, 6.45) is 4.67. The van der Waals surface area contributed by atoms with Crippen LogP contribution in [0.25, 0.3) is 0 Å². The zero-order chi connectivity index (χ0) is 16.7.